The third-order valence-electron chi connectivity index (χ3n) is 3.76. The van der Waals surface area contributed by atoms with Crippen LogP contribution in [0.5, 0.6) is 0 Å². The van der Waals surface area contributed by atoms with Crippen LogP contribution in [0.1, 0.15) is 46.5 Å². The molecule has 0 amide bonds. The highest BCUT2D eigenvalue weighted by atomic mass is 32.2. The molecule has 1 fully saturated rings. The highest BCUT2D eigenvalue weighted by Gasteiger charge is 2.36. The van der Waals surface area contributed by atoms with E-state index >= 15 is 0 Å². The lowest BCUT2D eigenvalue weighted by Crippen LogP contribution is -2.49. The van der Waals surface area contributed by atoms with Crippen LogP contribution in [0.25, 0.3) is 0 Å². The van der Waals surface area contributed by atoms with Gasteiger partial charge in [-0.25, -0.2) is 0 Å². The van der Waals surface area contributed by atoms with Crippen molar-refractivity contribution in [1.82, 2.24) is 5.32 Å². The summed E-state index contributed by atoms with van der Waals surface area (Å²) in [6.45, 7) is 6.75. The maximum Gasteiger partial charge on any atom is 0.0526 e. The van der Waals surface area contributed by atoms with E-state index < -0.39 is 10.8 Å². The van der Waals surface area contributed by atoms with E-state index in [0.29, 0.717) is 17.2 Å². The SMILES string of the molecule is CCCCS(=O)C1C(C)CC(C)CC1NC. The number of rotatable bonds is 5. The molecule has 0 aliphatic heterocycles. The summed E-state index contributed by atoms with van der Waals surface area (Å²) in [5, 5.41) is 3.75. The predicted molar refractivity (Wildman–Crippen MR) is 72.1 cm³/mol. The van der Waals surface area contributed by atoms with Gasteiger partial charge in [0.2, 0.25) is 0 Å². The summed E-state index contributed by atoms with van der Waals surface area (Å²) in [7, 11) is 1.37. The first-order chi connectivity index (χ1) is 7.60. The Hall–Kier alpha value is 0.110. The molecule has 0 aromatic carbocycles. The van der Waals surface area contributed by atoms with Crippen LogP contribution in [0, 0.1) is 11.8 Å². The van der Waals surface area contributed by atoms with Gasteiger partial charge in [-0.2, -0.15) is 0 Å². The third kappa shape index (κ3) is 3.56. The van der Waals surface area contributed by atoms with E-state index in [2.05, 4.69) is 26.1 Å². The van der Waals surface area contributed by atoms with Crippen molar-refractivity contribution in [2.75, 3.05) is 12.8 Å². The molecule has 1 rings (SSSR count). The molecule has 0 aromatic rings. The van der Waals surface area contributed by atoms with Crippen LogP contribution in [0.2, 0.25) is 0 Å². The van der Waals surface area contributed by atoms with Gasteiger partial charge >= 0.3 is 0 Å². The van der Waals surface area contributed by atoms with Gasteiger partial charge in [0.1, 0.15) is 0 Å². The lowest BCUT2D eigenvalue weighted by Gasteiger charge is -2.38. The van der Waals surface area contributed by atoms with Crippen LogP contribution in [-0.4, -0.2) is 28.3 Å². The molecule has 1 saturated carbocycles. The quantitative estimate of drug-likeness (QED) is 0.806. The van der Waals surface area contributed by atoms with E-state index in [1.54, 1.807) is 0 Å². The highest BCUT2D eigenvalue weighted by molar-refractivity contribution is 7.85. The molecule has 0 heterocycles. The first-order valence-corrected chi connectivity index (χ1v) is 8.02. The summed E-state index contributed by atoms with van der Waals surface area (Å²) in [6.07, 6.45) is 4.67. The molecule has 0 bridgehead atoms. The standard InChI is InChI=1S/C13H27NOS/c1-5-6-7-16(15)13-11(3)8-10(2)9-12(13)14-4/h10-14H,5-9H2,1-4H3. The maximum absolute atomic E-state index is 12.3. The summed E-state index contributed by atoms with van der Waals surface area (Å²) in [5.74, 6) is 2.25. The van der Waals surface area contributed by atoms with Crippen LogP contribution in [0.3, 0.4) is 0 Å². The molecule has 0 radical (unpaired) electrons. The molecular formula is C13H27NOS. The minimum Gasteiger partial charge on any atom is -0.316 e. The fourth-order valence-electron chi connectivity index (χ4n) is 2.98. The Bertz CT molecular complexity index is 232. The molecule has 5 atom stereocenters. The highest BCUT2D eigenvalue weighted by Crippen LogP contribution is 2.32. The minimum absolute atomic E-state index is 0.368. The Balaban J connectivity index is 2.62. The average molecular weight is 245 g/mol. The third-order valence-corrected chi connectivity index (χ3v) is 5.85. The first kappa shape index (κ1) is 14.2. The van der Waals surface area contributed by atoms with Crippen LogP contribution < -0.4 is 5.32 Å². The van der Waals surface area contributed by atoms with Crippen molar-refractivity contribution in [3.63, 3.8) is 0 Å². The zero-order chi connectivity index (χ0) is 12.1. The van der Waals surface area contributed by atoms with E-state index in [0.717, 1.165) is 24.5 Å². The fourth-order valence-corrected chi connectivity index (χ4v) is 5.06. The first-order valence-electron chi connectivity index (χ1n) is 6.64. The fraction of sp³-hybridized carbons (Fsp3) is 1.00. The maximum atomic E-state index is 12.3. The van der Waals surface area contributed by atoms with Gasteiger partial charge in [-0.1, -0.05) is 27.2 Å². The van der Waals surface area contributed by atoms with Gasteiger partial charge in [0.25, 0.3) is 0 Å². The largest absolute Gasteiger partial charge is 0.316 e. The Labute approximate surface area is 103 Å². The summed E-state index contributed by atoms with van der Waals surface area (Å²) in [4.78, 5) is 0. The Morgan fingerprint density at radius 1 is 1.31 bits per heavy atom. The van der Waals surface area contributed by atoms with Crippen LogP contribution in [0.4, 0.5) is 0 Å². The summed E-state index contributed by atoms with van der Waals surface area (Å²) < 4.78 is 12.3. The number of nitrogens with one attached hydrogen (secondary N) is 1. The lowest BCUT2D eigenvalue weighted by atomic mass is 9.80. The molecular weight excluding hydrogens is 218 g/mol. The predicted octanol–water partition coefficient (Wildman–Crippen LogP) is 2.56. The summed E-state index contributed by atoms with van der Waals surface area (Å²) >= 11 is 0. The number of hydrogen-bond acceptors (Lipinski definition) is 2. The van der Waals surface area contributed by atoms with Crippen molar-refractivity contribution in [2.45, 2.75) is 57.7 Å². The van der Waals surface area contributed by atoms with Gasteiger partial charge in [-0.3, -0.25) is 4.21 Å². The van der Waals surface area contributed by atoms with E-state index in [1.807, 2.05) is 7.05 Å². The van der Waals surface area contributed by atoms with E-state index in [1.165, 1.54) is 12.8 Å². The average Bonchev–Trinajstić information content (AvgIpc) is 2.24. The second-order valence-electron chi connectivity index (χ2n) is 5.35. The van der Waals surface area contributed by atoms with E-state index in [4.69, 9.17) is 0 Å². The van der Waals surface area contributed by atoms with Crippen molar-refractivity contribution in [3.8, 4) is 0 Å². The van der Waals surface area contributed by atoms with Gasteiger partial charge in [0.15, 0.2) is 0 Å². The van der Waals surface area contributed by atoms with Gasteiger partial charge in [0.05, 0.1) is 5.25 Å². The zero-order valence-electron chi connectivity index (χ0n) is 11.2. The Morgan fingerprint density at radius 3 is 2.56 bits per heavy atom. The second kappa shape index (κ2) is 6.75. The molecule has 3 heteroatoms. The topological polar surface area (TPSA) is 29.1 Å². The van der Waals surface area contributed by atoms with Gasteiger partial charge in [-0.05, 0) is 38.1 Å². The normalized spacial score (nSPS) is 37.2. The summed E-state index contributed by atoms with van der Waals surface area (Å²) in [6, 6.07) is 0.455. The van der Waals surface area contributed by atoms with Crippen LogP contribution >= 0.6 is 0 Å². The molecule has 1 aliphatic rings. The van der Waals surface area contributed by atoms with Gasteiger partial charge in [-0.15, -0.1) is 0 Å². The molecule has 0 aromatic heterocycles. The molecule has 2 nitrogen and oxygen atoms in total. The Kier molecular flexibility index (Phi) is 5.98. The van der Waals surface area contributed by atoms with Crippen molar-refractivity contribution >= 4 is 10.8 Å². The molecule has 5 unspecified atom stereocenters. The number of unbranched alkanes of at least 4 members (excludes halogenated alkanes) is 1. The molecule has 0 saturated heterocycles. The van der Waals surface area contributed by atoms with Crippen LogP contribution in [0.15, 0.2) is 0 Å². The zero-order valence-corrected chi connectivity index (χ0v) is 12.0. The van der Waals surface area contributed by atoms with Crippen molar-refractivity contribution in [3.05, 3.63) is 0 Å². The van der Waals surface area contributed by atoms with E-state index in [-0.39, 0.29) is 0 Å². The molecule has 0 spiro atoms. The molecule has 1 N–H and O–H groups in total. The van der Waals surface area contributed by atoms with Crippen molar-refractivity contribution in [1.29, 1.82) is 0 Å². The van der Waals surface area contributed by atoms with Gasteiger partial charge < -0.3 is 5.32 Å². The second-order valence-corrected chi connectivity index (χ2v) is 7.07. The van der Waals surface area contributed by atoms with Crippen LogP contribution in [-0.2, 0) is 10.8 Å². The number of hydrogen-bond donors (Lipinski definition) is 1. The summed E-state index contributed by atoms with van der Waals surface area (Å²) in [5.41, 5.74) is 0. The Morgan fingerprint density at radius 2 is 2.00 bits per heavy atom. The van der Waals surface area contributed by atoms with Gasteiger partial charge in [0, 0.05) is 22.6 Å². The van der Waals surface area contributed by atoms with Crippen molar-refractivity contribution in [2.24, 2.45) is 11.8 Å². The molecule has 16 heavy (non-hydrogen) atoms. The molecule has 1 aliphatic carbocycles. The van der Waals surface area contributed by atoms with Crippen molar-refractivity contribution < 1.29 is 4.21 Å². The minimum atomic E-state index is -0.644. The smallest absolute Gasteiger partial charge is 0.0526 e. The van der Waals surface area contributed by atoms with E-state index in [9.17, 15) is 4.21 Å². The monoisotopic (exact) mass is 245 g/mol. The molecule has 96 valence electrons. The lowest BCUT2D eigenvalue weighted by molar-refractivity contribution is 0.253.